The summed E-state index contributed by atoms with van der Waals surface area (Å²) in [7, 11) is 0. The number of likely N-dealkylation sites (tertiary alicyclic amines) is 1. The minimum Gasteiger partial charge on any atom is -0.362 e. The molecule has 2 aromatic rings. The molecule has 1 aliphatic carbocycles. The minimum absolute atomic E-state index is 0.0203. The van der Waals surface area contributed by atoms with Crippen LogP contribution in [0.25, 0.3) is 0 Å². The lowest BCUT2D eigenvalue weighted by atomic mass is 9.83. The molecule has 2 aromatic carbocycles. The van der Waals surface area contributed by atoms with E-state index >= 15 is 0 Å². The first-order chi connectivity index (χ1) is 19.1. The second kappa shape index (κ2) is 9.76. The number of nitrogens with zero attached hydrogens (tertiary/aromatic N) is 2. The van der Waals surface area contributed by atoms with Crippen molar-refractivity contribution in [3.05, 3.63) is 79.0 Å². The number of alkyl halides is 3. The van der Waals surface area contributed by atoms with Gasteiger partial charge in [-0.1, -0.05) is 72.4 Å². The van der Waals surface area contributed by atoms with Gasteiger partial charge in [0.1, 0.15) is 10.1 Å². The highest BCUT2D eigenvalue weighted by atomic mass is 35.5. The van der Waals surface area contributed by atoms with E-state index in [1.165, 1.54) is 0 Å². The molecule has 218 valence electrons. The molecular weight excluding hydrogens is 646 g/mol. The summed E-state index contributed by atoms with van der Waals surface area (Å²) < 4.78 is 65.4. The van der Waals surface area contributed by atoms with Gasteiger partial charge in [-0.25, -0.2) is 8.79 Å². The van der Waals surface area contributed by atoms with E-state index < -0.39 is 38.8 Å². The molecule has 0 bridgehead atoms. The van der Waals surface area contributed by atoms with Crippen molar-refractivity contribution < 1.29 is 27.1 Å². The Bertz CT molecular complexity index is 1510. The largest absolute Gasteiger partial charge is 0.409 e. The van der Waals surface area contributed by atoms with Crippen molar-refractivity contribution in [1.29, 1.82) is 0 Å². The number of ether oxygens (including phenoxy) is 1. The Balaban J connectivity index is 1.20. The van der Waals surface area contributed by atoms with E-state index in [2.05, 4.69) is 4.40 Å². The third kappa shape index (κ3) is 4.61. The molecule has 3 aliphatic heterocycles. The average Bonchev–Trinajstić information content (AvgIpc) is 3.24. The van der Waals surface area contributed by atoms with Crippen LogP contribution >= 0.6 is 58.4 Å². The summed E-state index contributed by atoms with van der Waals surface area (Å²) in [6.07, 6.45) is -3.49. The Morgan fingerprint density at radius 1 is 1.15 bits per heavy atom. The highest BCUT2D eigenvalue weighted by Gasteiger charge is 2.64. The van der Waals surface area contributed by atoms with Crippen LogP contribution in [0.3, 0.4) is 0 Å². The zero-order chi connectivity index (χ0) is 29.7. The Labute approximate surface area is 258 Å². The van der Waals surface area contributed by atoms with Crippen molar-refractivity contribution in [2.45, 2.75) is 43.4 Å². The fourth-order valence-corrected chi connectivity index (χ4v) is 7.98. The standard InChI is InChI=1S/C28H22Cl4F4N2O2S/c1-25(2)17(8-21(31)32)22(25)24(39)38-11-26(12-38)16-4-3-13(5-14(16)10-40-26)20-9-27(41-37-20,28(34,35)36)15-6-18(29)23(33)19(30)7-15/h3-8,17,22H,9-12H2,1-2H3/t17?,22-,27?/m1/s1. The van der Waals surface area contributed by atoms with Gasteiger partial charge in [-0.05, 0) is 69.8 Å². The molecule has 1 spiro atoms. The molecule has 0 N–H and O–H groups in total. The van der Waals surface area contributed by atoms with Crippen molar-refractivity contribution in [2.75, 3.05) is 13.1 Å². The molecule has 1 saturated carbocycles. The predicted molar refractivity (Wildman–Crippen MR) is 153 cm³/mol. The van der Waals surface area contributed by atoms with Gasteiger partial charge in [-0.3, -0.25) is 4.79 Å². The molecule has 2 unspecified atom stereocenters. The first-order valence-electron chi connectivity index (χ1n) is 12.7. The third-order valence-electron chi connectivity index (χ3n) is 8.76. The van der Waals surface area contributed by atoms with E-state index in [1.54, 1.807) is 23.1 Å². The quantitative estimate of drug-likeness (QED) is 0.186. The monoisotopic (exact) mass is 666 g/mol. The lowest BCUT2D eigenvalue weighted by Crippen LogP contribution is -2.61. The smallest absolute Gasteiger partial charge is 0.362 e. The van der Waals surface area contributed by atoms with Crippen LogP contribution in [-0.4, -0.2) is 35.8 Å². The summed E-state index contributed by atoms with van der Waals surface area (Å²) in [6, 6.07) is 7.27. The SMILES string of the molecule is CC1(C)C(C=C(Cl)Cl)[C@@H]1C(=O)N1CC2(C1)OCc1cc(C3=NSC(c4cc(Cl)c(F)c(Cl)c4)(C(F)(F)F)C3)ccc12. The third-order valence-corrected chi connectivity index (χ3v) is 10.8. The number of fused-ring (bicyclic) bond motifs is 2. The summed E-state index contributed by atoms with van der Waals surface area (Å²) in [4.78, 5) is 15.0. The van der Waals surface area contributed by atoms with Gasteiger partial charge in [0.2, 0.25) is 5.91 Å². The number of benzene rings is 2. The summed E-state index contributed by atoms with van der Waals surface area (Å²) >= 11 is 23.7. The lowest BCUT2D eigenvalue weighted by molar-refractivity contribution is -0.170. The van der Waals surface area contributed by atoms with Gasteiger partial charge in [-0.15, -0.1) is 0 Å². The van der Waals surface area contributed by atoms with E-state index in [0.717, 1.165) is 23.3 Å². The highest BCUT2D eigenvalue weighted by Crippen LogP contribution is 2.61. The Kier molecular flexibility index (Phi) is 7.04. The molecule has 13 heteroatoms. The fourth-order valence-electron chi connectivity index (χ4n) is 6.26. The first kappa shape index (κ1) is 29.6. The van der Waals surface area contributed by atoms with Crippen molar-refractivity contribution in [3.63, 3.8) is 0 Å². The second-order valence-corrected chi connectivity index (χ2v) is 14.4. The minimum atomic E-state index is -4.72. The molecule has 1 amide bonds. The van der Waals surface area contributed by atoms with E-state index in [4.69, 9.17) is 51.1 Å². The van der Waals surface area contributed by atoms with Gasteiger partial charge >= 0.3 is 6.18 Å². The average molecular weight is 668 g/mol. The molecule has 3 heterocycles. The van der Waals surface area contributed by atoms with Gasteiger partial charge in [0.15, 0.2) is 10.6 Å². The van der Waals surface area contributed by atoms with Crippen LogP contribution in [-0.2, 0) is 26.5 Å². The molecule has 0 radical (unpaired) electrons. The molecule has 3 atom stereocenters. The number of hydrogen-bond donors (Lipinski definition) is 0. The number of halogens is 8. The van der Waals surface area contributed by atoms with Crippen LogP contribution in [0.2, 0.25) is 10.0 Å². The highest BCUT2D eigenvalue weighted by molar-refractivity contribution is 7.99. The molecule has 41 heavy (non-hydrogen) atoms. The maximum Gasteiger partial charge on any atom is 0.409 e. The Morgan fingerprint density at radius 3 is 2.41 bits per heavy atom. The molecule has 4 nitrogen and oxygen atoms in total. The number of carbonyl (C=O) groups excluding carboxylic acids is 1. The zero-order valence-electron chi connectivity index (χ0n) is 21.6. The number of rotatable bonds is 4. The molecule has 2 fully saturated rings. The van der Waals surface area contributed by atoms with Crippen molar-refractivity contribution >= 4 is 70.0 Å². The maximum atomic E-state index is 14.5. The van der Waals surface area contributed by atoms with Crippen LogP contribution < -0.4 is 0 Å². The summed E-state index contributed by atoms with van der Waals surface area (Å²) in [5, 5.41) is -0.975. The fraction of sp³-hybridized carbons (Fsp3) is 0.429. The van der Waals surface area contributed by atoms with Crippen LogP contribution in [0.15, 0.2) is 45.3 Å². The van der Waals surface area contributed by atoms with Crippen LogP contribution in [0.5, 0.6) is 0 Å². The van der Waals surface area contributed by atoms with Gasteiger partial charge in [0, 0.05) is 6.42 Å². The molecular formula is C28H22Cl4F4N2O2S. The second-order valence-electron chi connectivity index (χ2n) is 11.5. The number of carbonyl (C=O) groups is 1. The number of amides is 1. The first-order valence-corrected chi connectivity index (χ1v) is 14.9. The Hall–Kier alpha value is -1.49. The number of allylic oxidation sites excluding steroid dienone is 1. The van der Waals surface area contributed by atoms with Crippen LogP contribution in [0, 0.1) is 23.1 Å². The summed E-state index contributed by atoms with van der Waals surface area (Å²) in [5.41, 5.74) is 1.36. The molecule has 1 saturated heterocycles. The van der Waals surface area contributed by atoms with Gasteiger partial charge < -0.3 is 9.64 Å². The van der Waals surface area contributed by atoms with Crippen molar-refractivity contribution in [2.24, 2.45) is 21.6 Å². The lowest BCUT2D eigenvalue weighted by Gasteiger charge is -2.48. The van der Waals surface area contributed by atoms with Crippen molar-refractivity contribution in [1.82, 2.24) is 4.90 Å². The number of hydrogen-bond acceptors (Lipinski definition) is 4. The molecule has 4 aliphatic rings. The topological polar surface area (TPSA) is 41.9 Å². The van der Waals surface area contributed by atoms with Gasteiger partial charge in [0.25, 0.3) is 0 Å². The summed E-state index contributed by atoms with van der Waals surface area (Å²) in [5.74, 6) is -1.20. The Morgan fingerprint density at radius 2 is 1.80 bits per heavy atom. The van der Waals surface area contributed by atoms with Gasteiger partial charge in [-0.2, -0.15) is 13.2 Å². The van der Waals surface area contributed by atoms with E-state index in [0.29, 0.717) is 30.6 Å². The van der Waals surface area contributed by atoms with E-state index in [-0.39, 0.29) is 45.5 Å². The molecule has 0 aromatic heterocycles. The van der Waals surface area contributed by atoms with E-state index in [9.17, 15) is 22.4 Å². The zero-order valence-corrected chi connectivity index (χ0v) is 25.4. The maximum absolute atomic E-state index is 14.5. The van der Waals surface area contributed by atoms with E-state index in [1.807, 2.05) is 19.9 Å². The van der Waals surface area contributed by atoms with Crippen molar-refractivity contribution in [3.8, 4) is 0 Å². The van der Waals surface area contributed by atoms with Gasteiger partial charge in [0.05, 0.1) is 41.4 Å². The predicted octanol–water partition coefficient (Wildman–Crippen LogP) is 8.59. The summed E-state index contributed by atoms with van der Waals surface area (Å²) in [6.45, 7) is 5.04. The normalized spacial score (nSPS) is 27.4. The van der Waals surface area contributed by atoms with Crippen LogP contribution in [0.4, 0.5) is 17.6 Å². The molecule has 6 rings (SSSR count). The van der Waals surface area contributed by atoms with Crippen LogP contribution in [0.1, 0.15) is 42.5 Å².